The molecule has 2 aromatic heterocycles. The van der Waals surface area contributed by atoms with E-state index in [1.54, 1.807) is 0 Å². The van der Waals surface area contributed by atoms with Gasteiger partial charge in [0.2, 0.25) is 0 Å². The third kappa shape index (κ3) is 3.35. The van der Waals surface area contributed by atoms with Crippen molar-refractivity contribution in [3.05, 3.63) is 83.9 Å². The standard InChI is InChI=1S/C22H24N4S/c1-15(2)25-12-10-17(14-25)21-20(19-9-4-5-11-23-19)24-22(27)26(21)18-8-6-7-16(3)13-18/h4-15,20-21H,1-3H3,(H,24,27). The third-order valence-corrected chi connectivity index (χ3v) is 5.37. The zero-order chi connectivity index (χ0) is 19.0. The Labute approximate surface area is 165 Å². The molecule has 1 fully saturated rings. The summed E-state index contributed by atoms with van der Waals surface area (Å²) in [5.41, 5.74) is 4.55. The maximum absolute atomic E-state index is 5.76. The quantitative estimate of drug-likeness (QED) is 0.653. The molecule has 1 aliphatic rings. The van der Waals surface area contributed by atoms with Gasteiger partial charge in [-0.25, -0.2) is 0 Å². The van der Waals surface area contributed by atoms with Crippen molar-refractivity contribution in [2.45, 2.75) is 38.9 Å². The van der Waals surface area contributed by atoms with Gasteiger partial charge in [-0.3, -0.25) is 4.98 Å². The number of nitrogens with zero attached hydrogens (tertiary/aromatic N) is 3. The predicted octanol–water partition coefficient (Wildman–Crippen LogP) is 4.95. The van der Waals surface area contributed by atoms with Crippen LogP contribution in [0.5, 0.6) is 0 Å². The molecule has 3 aromatic rings. The molecule has 0 bridgehead atoms. The van der Waals surface area contributed by atoms with Crippen molar-refractivity contribution < 1.29 is 0 Å². The Bertz CT molecular complexity index is 948. The van der Waals surface area contributed by atoms with E-state index in [0.717, 1.165) is 16.5 Å². The van der Waals surface area contributed by atoms with Gasteiger partial charge in [-0.2, -0.15) is 0 Å². The largest absolute Gasteiger partial charge is 0.351 e. The van der Waals surface area contributed by atoms with Crippen molar-refractivity contribution in [1.82, 2.24) is 14.9 Å². The summed E-state index contributed by atoms with van der Waals surface area (Å²) in [6, 6.07) is 17.2. The van der Waals surface area contributed by atoms with Gasteiger partial charge in [0.1, 0.15) is 0 Å². The minimum absolute atomic E-state index is 0.00206. The molecule has 1 aliphatic heterocycles. The van der Waals surface area contributed by atoms with Gasteiger partial charge in [0.05, 0.1) is 17.8 Å². The number of hydrogen-bond donors (Lipinski definition) is 1. The number of aryl methyl sites for hydroxylation is 1. The number of pyridine rings is 1. The first-order chi connectivity index (χ1) is 13.0. The lowest BCUT2D eigenvalue weighted by Gasteiger charge is -2.27. The molecule has 0 spiro atoms. The number of rotatable bonds is 4. The minimum Gasteiger partial charge on any atom is -0.351 e. The Morgan fingerprint density at radius 1 is 1.11 bits per heavy atom. The van der Waals surface area contributed by atoms with Gasteiger partial charge in [-0.05, 0) is 74.4 Å². The fourth-order valence-electron chi connectivity index (χ4n) is 3.68. The lowest BCUT2D eigenvalue weighted by molar-refractivity contribution is 0.560. The summed E-state index contributed by atoms with van der Waals surface area (Å²) in [7, 11) is 0. The van der Waals surface area contributed by atoms with Gasteiger partial charge in [-0.15, -0.1) is 0 Å². The summed E-state index contributed by atoms with van der Waals surface area (Å²) >= 11 is 5.76. The first-order valence-electron chi connectivity index (χ1n) is 9.29. The van der Waals surface area contributed by atoms with E-state index in [1.165, 1.54) is 11.1 Å². The van der Waals surface area contributed by atoms with E-state index < -0.39 is 0 Å². The van der Waals surface area contributed by atoms with Crippen molar-refractivity contribution in [3.8, 4) is 0 Å². The summed E-state index contributed by atoms with van der Waals surface area (Å²) in [5, 5.41) is 4.25. The number of aromatic nitrogens is 2. The van der Waals surface area contributed by atoms with Crippen LogP contribution in [-0.2, 0) is 0 Å². The maximum atomic E-state index is 5.76. The van der Waals surface area contributed by atoms with Gasteiger partial charge in [0.25, 0.3) is 0 Å². The molecule has 4 rings (SSSR count). The molecule has 138 valence electrons. The topological polar surface area (TPSA) is 33.1 Å². The fourth-order valence-corrected chi connectivity index (χ4v) is 4.02. The van der Waals surface area contributed by atoms with E-state index in [2.05, 4.69) is 89.3 Å². The van der Waals surface area contributed by atoms with E-state index in [0.29, 0.717) is 6.04 Å². The number of nitrogens with one attached hydrogen (secondary N) is 1. The molecule has 0 radical (unpaired) electrons. The van der Waals surface area contributed by atoms with Crippen LogP contribution in [0, 0.1) is 6.92 Å². The highest BCUT2D eigenvalue weighted by atomic mass is 32.1. The molecule has 1 N–H and O–H groups in total. The molecule has 2 unspecified atom stereocenters. The second kappa shape index (κ2) is 7.16. The summed E-state index contributed by atoms with van der Waals surface area (Å²) in [6.07, 6.45) is 6.21. The highest BCUT2D eigenvalue weighted by Gasteiger charge is 2.41. The second-order valence-electron chi connectivity index (χ2n) is 7.32. The SMILES string of the molecule is Cc1cccc(N2C(=S)NC(c3ccccn3)C2c2ccn(C(C)C)c2)c1. The zero-order valence-electron chi connectivity index (χ0n) is 15.8. The molecular weight excluding hydrogens is 352 g/mol. The molecule has 27 heavy (non-hydrogen) atoms. The van der Waals surface area contributed by atoms with Crippen molar-refractivity contribution >= 4 is 23.0 Å². The molecule has 1 aromatic carbocycles. The summed E-state index contributed by atoms with van der Waals surface area (Å²) in [5.74, 6) is 0. The van der Waals surface area contributed by atoms with E-state index >= 15 is 0 Å². The molecular formula is C22H24N4S. The minimum atomic E-state index is 0.00206. The van der Waals surface area contributed by atoms with Crippen LogP contribution >= 0.6 is 12.2 Å². The Balaban J connectivity index is 1.82. The van der Waals surface area contributed by atoms with Gasteiger partial charge in [0.15, 0.2) is 5.11 Å². The van der Waals surface area contributed by atoms with Crippen molar-refractivity contribution in [1.29, 1.82) is 0 Å². The summed E-state index contributed by atoms with van der Waals surface area (Å²) < 4.78 is 2.24. The third-order valence-electron chi connectivity index (χ3n) is 5.05. The van der Waals surface area contributed by atoms with Gasteiger partial charge < -0.3 is 14.8 Å². The molecule has 2 atom stereocenters. The first kappa shape index (κ1) is 17.7. The lowest BCUT2D eigenvalue weighted by Crippen LogP contribution is -2.29. The number of benzene rings is 1. The highest BCUT2D eigenvalue weighted by Crippen LogP contribution is 2.41. The monoisotopic (exact) mass is 376 g/mol. The summed E-state index contributed by atoms with van der Waals surface area (Å²) in [4.78, 5) is 6.83. The van der Waals surface area contributed by atoms with Crippen LogP contribution < -0.4 is 10.2 Å². The molecule has 5 heteroatoms. The average Bonchev–Trinajstić information content (AvgIpc) is 3.27. The highest BCUT2D eigenvalue weighted by molar-refractivity contribution is 7.80. The molecule has 4 nitrogen and oxygen atoms in total. The van der Waals surface area contributed by atoms with E-state index in [1.807, 2.05) is 18.3 Å². The fraction of sp³-hybridized carbons (Fsp3) is 0.273. The maximum Gasteiger partial charge on any atom is 0.174 e. The lowest BCUT2D eigenvalue weighted by atomic mass is 9.98. The zero-order valence-corrected chi connectivity index (χ0v) is 16.6. The van der Waals surface area contributed by atoms with E-state index in [4.69, 9.17) is 12.2 Å². The summed E-state index contributed by atoms with van der Waals surface area (Å²) in [6.45, 7) is 6.49. The Kier molecular flexibility index (Phi) is 4.70. The van der Waals surface area contributed by atoms with Crippen LogP contribution in [0.1, 0.15) is 48.8 Å². The van der Waals surface area contributed by atoms with Crippen LogP contribution in [0.4, 0.5) is 5.69 Å². The van der Waals surface area contributed by atoms with Crippen LogP contribution in [0.25, 0.3) is 0 Å². The van der Waals surface area contributed by atoms with Crippen LogP contribution in [0.2, 0.25) is 0 Å². The normalized spacial score (nSPS) is 19.6. The smallest absolute Gasteiger partial charge is 0.174 e. The average molecular weight is 377 g/mol. The Morgan fingerprint density at radius 2 is 1.96 bits per heavy atom. The van der Waals surface area contributed by atoms with E-state index in [-0.39, 0.29) is 12.1 Å². The molecule has 0 saturated carbocycles. The van der Waals surface area contributed by atoms with Crippen LogP contribution in [0.3, 0.4) is 0 Å². The van der Waals surface area contributed by atoms with Gasteiger partial charge in [-0.1, -0.05) is 18.2 Å². The van der Waals surface area contributed by atoms with E-state index in [9.17, 15) is 0 Å². The molecule has 0 amide bonds. The molecule has 1 saturated heterocycles. The van der Waals surface area contributed by atoms with Crippen molar-refractivity contribution in [3.63, 3.8) is 0 Å². The van der Waals surface area contributed by atoms with Crippen LogP contribution in [-0.4, -0.2) is 14.7 Å². The predicted molar refractivity (Wildman–Crippen MR) is 114 cm³/mol. The molecule has 0 aliphatic carbocycles. The first-order valence-corrected chi connectivity index (χ1v) is 9.70. The van der Waals surface area contributed by atoms with Gasteiger partial charge in [0, 0.05) is 30.3 Å². The van der Waals surface area contributed by atoms with Crippen molar-refractivity contribution in [2.24, 2.45) is 0 Å². The van der Waals surface area contributed by atoms with Gasteiger partial charge >= 0.3 is 0 Å². The molecule has 3 heterocycles. The number of hydrogen-bond acceptors (Lipinski definition) is 2. The number of thiocarbonyl (C=S) groups is 1. The Morgan fingerprint density at radius 3 is 2.63 bits per heavy atom. The second-order valence-corrected chi connectivity index (χ2v) is 7.71. The van der Waals surface area contributed by atoms with Crippen molar-refractivity contribution in [2.75, 3.05) is 4.90 Å². The number of anilines is 1. The van der Waals surface area contributed by atoms with Crippen LogP contribution in [0.15, 0.2) is 67.1 Å². The Hall–Kier alpha value is -2.66.